The van der Waals surface area contributed by atoms with E-state index in [2.05, 4.69) is 4.74 Å². The molecule has 0 fully saturated rings. The number of ether oxygens (including phenoxy) is 2. The molecule has 0 aromatic carbocycles. The molecule has 0 bridgehead atoms. The molecule has 0 radical (unpaired) electrons. The predicted molar refractivity (Wildman–Crippen MR) is 56.6 cm³/mol. The van der Waals surface area contributed by atoms with Gasteiger partial charge in [-0.15, -0.1) is 0 Å². The van der Waals surface area contributed by atoms with Crippen LogP contribution in [0.25, 0.3) is 0 Å². The number of ketones is 1. The van der Waals surface area contributed by atoms with E-state index in [1.807, 2.05) is 0 Å². The lowest BCUT2D eigenvalue weighted by Gasteiger charge is -2.16. The molecule has 0 aliphatic heterocycles. The molecule has 0 aliphatic carbocycles. The summed E-state index contributed by atoms with van der Waals surface area (Å²) < 4.78 is 9.31. The van der Waals surface area contributed by atoms with Crippen LogP contribution in [0.5, 0.6) is 0 Å². The Morgan fingerprint density at radius 3 is 1.88 bits per heavy atom. The summed E-state index contributed by atoms with van der Waals surface area (Å²) in [6.45, 7) is 6.89. The summed E-state index contributed by atoms with van der Waals surface area (Å²) in [5.74, 6) is -3.85. The molecule has 0 heterocycles. The lowest BCUT2D eigenvalue weighted by atomic mass is 9.91. The van der Waals surface area contributed by atoms with Crippen molar-refractivity contribution in [1.82, 2.24) is 0 Å². The smallest absolute Gasteiger partial charge is 0.375 e. The zero-order valence-corrected chi connectivity index (χ0v) is 10.1. The lowest BCUT2D eigenvalue weighted by Crippen LogP contribution is -2.36. The minimum Gasteiger partial charge on any atom is -0.465 e. The normalized spacial score (nSPS) is 12.1. The maximum Gasteiger partial charge on any atom is 0.375 e. The molecule has 16 heavy (non-hydrogen) atoms. The monoisotopic (exact) mass is 230 g/mol. The molecular formula is C11H18O5. The van der Waals surface area contributed by atoms with Gasteiger partial charge in [0.05, 0.1) is 13.2 Å². The van der Waals surface area contributed by atoms with Crippen LogP contribution in [-0.2, 0) is 23.9 Å². The standard InChI is InChI=1S/C11H18O5/c1-5-15-10(13)8(7(3)4)9(12)11(14)16-6-2/h7-8H,5-6H2,1-4H3. The SMILES string of the molecule is CCOC(=O)C(=O)C(C(=O)OCC)C(C)C. The van der Waals surface area contributed by atoms with Crippen molar-refractivity contribution >= 4 is 17.7 Å². The number of carbonyl (C=O) groups excluding carboxylic acids is 3. The molecule has 0 saturated carbocycles. The van der Waals surface area contributed by atoms with E-state index >= 15 is 0 Å². The van der Waals surface area contributed by atoms with E-state index < -0.39 is 23.6 Å². The number of hydrogen-bond donors (Lipinski definition) is 0. The van der Waals surface area contributed by atoms with E-state index in [-0.39, 0.29) is 19.1 Å². The summed E-state index contributed by atoms with van der Waals surface area (Å²) in [4.78, 5) is 34.3. The molecule has 0 aromatic heterocycles. The van der Waals surface area contributed by atoms with Gasteiger partial charge in [0, 0.05) is 0 Å². The van der Waals surface area contributed by atoms with Crippen molar-refractivity contribution in [3.8, 4) is 0 Å². The molecule has 1 unspecified atom stereocenters. The van der Waals surface area contributed by atoms with Crippen LogP contribution >= 0.6 is 0 Å². The maximum atomic E-state index is 11.6. The van der Waals surface area contributed by atoms with Gasteiger partial charge >= 0.3 is 11.9 Å². The third-order valence-electron chi connectivity index (χ3n) is 1.97. The van der Waals surface area contributed by atoms with E-state index in [4.69, 9.17) is 4.74 Å². The van der Waals surface area contributed by atoms with Crippen LogP contribution in [0.4, 0.5) is 0 Å². The van der Waals surface area contributed by atoms with Crippen LogP contribution in [0.15, 0.2) is 0 Å². The fraction of sp³-hybridized carbons (Fsp3) is 0.727. The molecule has 0 aliphatic rings. The highest BCUT2D eigenvalue weighted by Gasteiger charge is 2.36. The molecule has 0 aromatic rings. The second-order valence-corrected chi connectivity index (χ2v) is 3.56. The van der Waals surface area contributed by atoms with Crippen LogP contribution in [-0.4, -0.2) is 30.9 Å². The van der Waals surface area contributed by atoms with Crippen molar-refractivity contribution in [3.05, 3.63) is 0 Å². The zero-order chi connectivity index (χ0) is 12.7. The molecule has 0 spiro atoms. The van der Waals surface area contributed by atoms with E-state index in [1.54, 1.807) is 27.7 Å². The number of esters is 2. The Labute approximate surface area is 95.1 Å². The van der Waals surface area contributed by atoms with Gasteiger partial charge in [-0.1, -0.05) is 13.8 Å². The van der Waals surface area contributed by atoms with Crippen molar-refractivity contribution < 1.29 is 23.9 Å². The van der Waals surface area contributed by atoms with Crippen molar-refractivity contribution in [1.29, 1.82) is 0 Å². The quantitative estimate of drug-likeness (QED) is 0.386. The number of hydrogen-bond acceptors (Lipinski definition) is 5. The van der Waals surface area contributed by atoms with Gasteiger partial charge in [0.1, 0.15) is 5.92 Å². The van der Waals surface area contributed by atoms with Crippen molar-refractivity contribution in [3.63, 3.8) is 0 Å². The first-order valence-electron chi connectivity index (χ1n) is 5.33. The minimum atomic E-state index is -1.07. The maximum absolute atomic E-state index is 11.6. The minimum absolute atomic E-state index is 0.109. The summed E-state index contributed by atoms with van der Waals surface area (Å²) in [6, 6.07) is 0. The van der Waals surface area contributed by atoms with Crippen molar-refractivity contribution in [2.75, 3.05) is 13.2 Å². The van der Waals surface area contributed by atoms with Gasteiger partial charge in [0.2, 0.25) is 0 Å². The number of Topliss-reactive ketones (excluding diaryl/α,β-unsaturated/α-hetero) is 1. The zero-order valence-electron chi connectivity index (χ0n) is 10.1. The molecular weight excluding hydrogens is 212 g/mol. The van der Waals surface area contributed by atoms with Crippen molar-refractivity contribution in [2.24, 2.45) is 11.8 Å². The second kappa shape index (κ2) is 6.98. The van der Waals surface area contributed by atoms with Gasteiger partial charge in [-0.3, -0.25) is 9.59 Å². The average molecular weight is 230 g/mol. The Morgan fingerprint density at radius 1 is 1.00 bits per heavy atom. The lowest BCUT2D eigenvalue weighted by molar-refractivity contribution is -0.163. The predicted octanol–water partition coefficient (Wildman–Crippen LogP) is 0.954. The van der Waals surface area contributed by atoms with E-state index in [0.717, 1.165) is 0 Å². The fourth-order valence-electron chi connectivity index (χ4n) is 1.24. The second-order valence-electron chi connectivity index (χ2n) is 3.56. The Morgan fingerprint density at radius 2 is 1.50 bits per heavy atom. The average Bonchev–Trinajstić information content (AvgIpc) is 2.17. The highest BCUT2D eigenvalue weighted by Crippen LogP contribution is 2.15. The molecule has 1 atom stereocenters. The third-order valence-corrected chi connectivity index (χ3v) is 1.97. The summed E-state index contributed by atoms with van der Waals surface area (Å²) >= 11 is 0. The van der Waals surface area contributed by atoms with E-state index in [0.29, 0.717) is 0 Å². The molecule has 92 valence electrons. The van der Waals surface area contributed by atoms with Gasteiger partial charge in [0.25, 0.3) is 5.78 Å². The van der Waals surface area contributed by atoms with Crippen LogP contribution < -0.4 is 0 Å². The third kappa shape index (κ3) is 4.00. The largest absolute Gasteiger partial charge is 0.465 e. The summed E-state index contributed by atoms with van der Waals surface area (Å²) in [6.07, 6.45) is 0. The van der Waals surface area contributed by atoms with Gasteiger partial charge in [-0.05, 0) is 19.8 Å². The van der Waals surface area contributed by atoms with Crippen LogP contribution in [0, 0.1) is 11.8 Å². The van der Waals surface area contributed by atoms with Gasteiger partial charge in [-0.2, -0.15) is 0 Å². The highest BCUT2D eigenvalue weighted by atomic mass is 16.5. The first-order chi connectivity index (χ1) is 7.45. The number of carbonyl (C=O) groups is 3. The summed E-state index contributed by atoms with van der Waals surface area (Å²) in [7, 11) is 0. The molecule has 5 nitrogen and oxygen atoms in total. The molecule has 0 saturated heterocycles. The Balaban J connectivity index is 4.72. The Hall–Kier alpha value is -1.39. The fourth-order valence-corrected chi connectivity index (χ4v) is 1.24. The van der Waals surface area contributed by atoms with Crippen LogP contribution in [0.1, 0.15) is 27.7 Å². The highest BCUT2D eigenvalue weighted by molar-refractivity contribution is 6.38. The van der Waals surface area contributed by atoms with Gasteiger partial charge in [-0.25, -0.2) is 4.79 Å². The Kier molecular flexibility index (Phi) is 6.37. The van der Waals surface area contributed by atoms with E-state index in [9.17, 15) is 14.4 Å². The molecule has 0 amide bonds. The topological polar surface area (TPSA) is 69.7 Å². The molecule has 0 rings (SSSR count). The van der Waals surface area contributed by atoms with Crippen LogP contribution in [0.3, 0.4) is 0 Å². The first-order valence-corrected chi connectivity index (χ1v) is 5.33. The Bertz CT molecular complexity index is 270. The number of rotatable bonds is 6. The van der Waals surface area contributed by atoms with Gasteiger partial charge < -0.3 is 9.47 Å². The molecule has 0 N–H and O–H groups in total. The van der Waals surface area contributed by atoms with Crippen molar-refractivity contribution in [2.45, 2.75) is 27.7 Å². The summed E-state index contributed by atoms with van der Waals surface area (Å²) in [5.41, 5.74) is 0. The van der Waals surface area contributed by atoms with Crippen LogP contribution in [0.2, 0.25) is 0 Å². The summed E-state index contributed by atoms with van der Waals surface area (Å²) in [5, 5.41) is 0. The molecule has 5 heteroatoms. The van der Waals surface area contributed by atoms with E-state index in [1.165, 1.54) is 0 Å². The van der Waals surface area contributed by atoms with Gasteiger partial charge in [0.15, 0.2) is 0 Å². The first kappa shape index (κ1) is 14.6.